The van der Waals surface area contributed by atoms with Gasteiger partial charge in [0, 0.05) is 62.2 Å². The van der Waals surface area contributed by atoms with Crippen LogP contribution < -0.4 is 21.3 Å². The van der Waals surface area contributed by atoms with Crippen LogP contribution in [0.2, 0.25) is 0 Å². The average molecular weight is 651 g/mol. The molecular formula is C30H31ClN8O5S. The molecule has 4 N–H and O–H groups in total. The summed E-state index contributed by atoms with van der Waals surface area (Å²) in [5.41, 5.74) is 1.96. The van der Waals surface area contributed by atoms with Crippen LogP contribution in [0.3, 0.4) is 0 Å². The highest BCUT2D eigenvalue weighted by molar-refractivity contribution is 7.85. The first-order chi connectivity index (χ1) is 21.5. The second-order valence-corrected chi connectivity index (χ2v) is 11.9. The Morgan fingerprint density at radius 2 is 1.38 bits per heavy atom. The van der Waals surface area contributed by atoms with Gasteiger partial charge in [-0.1, -0.05) is 0 Å². The number of benzene rings is 1. The SMILES string of the molecule is Cn1cc(NC(=O)c2cc(NC(=O)c3ccc(NC(=O)c4ccc(S(=O)CCCl)cc4)n3C)cn2C)cc1C(=O)NCCC#N. The van der Waals surface area contributed by atoms with Crippen LogP contribution in [0, 0.1) is 11.3 Å². The molecule has 0 saturated heterocycles. The van der Waals surface area contributed by atoms with Crippen molar-refractivity contribution < 1.29 is 23.4 Å². The summed E-state index contributed by atoms with van der Waals surface area (Å²) in [5.74, 6) is -0.717. The fourth-order valence-electron chi connectivity index (χ4n) is 4.43. The van der Waals surface area contributed by atoms with Crippen LogP contribution in [0.4, 0.5) is 17.2 Å². The fourth-order valence-corrected chi connectivity index (χ4v) is 5.67. The summed E-state index contributed by atoms with van der Waals surface area (Å²) >= 11 is 5.66. The van der Waals surface area contributed by atoms with Gasteiger partial charge in [-0.25, -0.2) is 0 Å². The van der Waals surface area contributed by atoms with Gasteiger partial charge in [-0.2, -0.15) is 5.26 Å². The topological polar surface area (TPSA) is 172 Å². The molecule has 0 fully saturated rings. The van der Waals surface area contributed by atoms with Gasteiger partial charge >= 0.3 is 0 Å². The van der Waals surface area contributed by atoms with E-state index in [0.717, 1.165) is 0 Å². The summed E-state index contributed by atoms with van der Waals surface area (Å²) in [5, 5.41) is 19.6. The van der Waals surface area contributed by atoms with Crippen molar-refractivity contribution in [1.29, 1.82) is 5.26 Å². The number of anilines is 3. The van der Waals surface area contributed by atoms with Crippen molar-refractivity contribution >= 4 is 63.2 Å². The van der Waals surface area contributed by atoms with Crippen molar-refractivity contribution in [1.82, 2.24) is 19.0 Å². The van der Waals surface area contributed by atoms with E-state index in [1.54, 1.807) is 79.1 Å². The molecule has 1 unspecified atom stereocenters. The molecule has 0 aliphatic rings. The van der Waals surface area contributed by atoms with Crippen LogP contribution in [0.5, 0.6) is 0 Å². The molecule has 0 aliphatic carbocycles. The van der Waals surface area contributed by atoms with Gasteiger partial charge in [0.1, 0.15) is 22.9 Å². The van der Waals surface area contributed by atoms with E-state index in [9.17, 15) is 23.4 Å². The van der Waals surface area contributed by atoms with E-state index in [1.807, 2.05) is 6.07 Å². The van der Waals surface area contributed by atoms with Gasteiger partial charge in [0.2, 0.25) is 0 Å². The minimum absolute atomic E-state index is 0.185. The highest BCUT2D eigenvalue weighted by Crippen LogP contribution is 2.20. The molecule has 3 aromatic heterocycles. The highest BCUT2D eigenvalue weighted by atomic mass is 35.5. The third-order valence-corrected chi connectivity index (χ3v) is 8.54. The van der Waals surface area contributed by atoms with Crippen LogP contribution in [0.1, 0.15) is 48.2 Å². The number of carbonyl (C=O) groups is 4. The van der Waals surface area contributed by atoms with E-state index >= 15 is 0 Å². The first-order valence-corrected chi connectivity index (χ1v) is 15.5. The molecule has 4 amide bonds. The second kappa shape index (κ2) is 14.6. The van der Waals surface area contributed by atoms with Gasteiger partial charge in [-0.15, -0.1) is 11.6 Å². The molecule has 13 nitrogen and oxygen atoms in total. The zero-order valence-corrected chi connectivity index (χ0v) is 26.3. The van der Waals surface area contributed by atoms with Crippen molar-refractivity contribution in [2.45, 2.75) is 11.3 Å². The van der Waals surface area contributed by atoms with E-state index in [1.165, 1.54) is 16.7 Å². The number of amides is 4. The lowest BCUT2D eigenvalue weighted by Crippen LogP contribution is -2.25. The summed E-state index contributed by atoms with van der Waals surface area (Å²) in [7, 11) is 3.71. The molecule has 0 saturated carbocycles. The zero-order valence-electron chi connectivity index (χ0n) is 24.7. The molecule has 234 valence electrons. The quantitative estimate of drug-likeness (QED) is 0.135. The third kappa shape index (κ3) is 7.88. The van der Waals surface area contributed by atoms with Crippen LogP contribution in [-0.2, 0) is 31.9 Å². The van der Waals surface area contributed by atoms with Gasteiger partial charge in [0.05, 0.1) is 34.7 Å². The largest absolute Gasteiger partial charge is 0.350 e. The minimum Gasteiger partial charge on any atom is -0.350 e. The maximum absolute atomic E-state index is 13.1. The van der Waals surface area contributed by atoms with Crippen molar-refractivity contribution in [3.63, 3.8) is 0 Å². The molecule has 0 spiro atoms. The Bertz CT molecular complexity index is 1820. The van der Waals surface area contributed by atoms with E-state index < -0.39 is 28.5 Å². The number of aryl methyl sites for hydroxylation is 2. The van der Waals surface area contributed by atoms with E-state index in [-0.39, 0.29) is 36.1 Å². The van der Waals surface area contributed by atoms with Crippen molar-refractivity contribution in [3.8, 4) is 6.07 Å². The van der Waals surface area contributed by atoms with E-state index in [2.05, 4.69) is 21.3 Å². The highest BCUT2D eigenvalue weighted by Gasteiger charge is 2.19. The van der Waals surface area contributed by atoms with E-state index in [0.29, 0.717) is 39.1 Å². The molecule has 3 heterocycles. The number of carbonyl (C=O) groups excluding carboxylic acids is 4. The van der Waals surface area contributed by atoms with Crippen LogP contribution in [0.15, 0.2) is 65.8 Å². The lowest BCUT2D eigenvalue weighted by atomic mass is 10.2. The summed E-state index contributed by atoms with van der Waals surface area (Å²) in [6, 6.07) is 14.5. The summed E-state index contributed by atoms with van der Waals surface area (Å²) in [4.78, 5) is 51.8. The average Bonchev–Trinajstić information content (AvgIpc) is 3.68. The second-order valence-electron chi connectivity index (χ2n) is 9.90. The predicted octanol–water partition coefficient (Wildman–Crippen LogP) is 3.45. The smallest absolute Gasteiger partial charge is 0.272 e. The molecule has 1 aromatic carbocycles. The van der Waals surface area contributed by atoms with Gasteiger partial charge < -0.3 is 35.0 Å². The standard InChI is InChI=1S/C30H31ClN8O5S/c1-37-17-20(15-24(37)28(41)33-13-4-12-32)35-30(43)25-16-21(18-38(25)2)34-29(42)23-9-10-26(39(23)3)36-27(40)19-5-7-22(8-6-19)45(44)14-11-31/h5-10,15-18H,4,11,13-14H2,1-3H3,(H,33,41)(H,34,42)(H,35,43)(H,36,40). The Morgan fingerprint density at radius 1 is 0.800 bits per heavy atom. The van der Waals surface area contributed by atoms with Gasteiger partial charge in [0.15, 0.2) is 0 Å². The molecule has 4 rings (SSSR count). The number of nitrogens with one attached hydrogen (secondary N) is 4. The number of hydrogen-bond donors (Lipinski definition) is 4. The maximum atomic E-state index is 13.1. The van der Waals surface area contributed by atoms with Gasteiger partial charge in [-0.3, -0.25) is 23.4 Å². The molecular weight excluding hydrogens is 620 g/mol. The Balaban J connectivity index is 1.38. The van der Waals surface area contributed by atoms with Crippen molar-refractivity contribution in [2.75, 3.05) is 34.1 Å². The lowest BCUT2D eigenvalue weighted by molar-refractivity contribution is 0.0944. The minimum atomic E-state index is -1.24. The molecule has 0 bridgehead atoms. The monoisotopic (exact) mass is 650 g/mol. The first kappa shape index (κ1) is 32.8. The van der Waals surface area contributed by atoms with Gasteiger partial charge in [0.25, 0.3) is 23.6 Å². The number of hydrogen-bond acceptors (Lipinski definition) is 6. The Kier molecular flexibility index (Phi) is 10.6. The third-order valence-electron chi connectivity index (χ3n) is 6.75. The van der Waals surface area contributed by atoms with Crippen LogP contribution in [0.25, 0.3) is 0 Å². The molecule has 45 heavy (non-hydrogen) atoms. The maximum Gasteiger partial charge on any atom is 0.272 e. The van der Waals surface area contributed by atoms with Crippen LogP contribution >= 0.6 is 11.6 Å². The zero-order chi connectivity index (χ0) is 32.7. The molecule has 15 heteroatoms. The first-order valence-electron chi connectivity index (χ1n) is 13.6. The van der Waals surface area contributed by atoms with Gasteiger partial charge in [-0.05, 0) is 48.5 Å². The fraction of sp³-hybridized carbons (Fsp3) is 0.233. The lowest BCUT2D eigenvalue weighted by Gasteiger charge is -2.10. The Hall–Kier alpha value is -5.13. The number of aromatic nitrogens is 3. The number of alkyl halides is 1. The Labute approximate surface area is 266 Å². The molecule has 4 aromatic rings. The molecule has 0 aliphatic heterocycles. The predicted molar refractivity (Wildman–Crippen MR) is 171 cm³/mol. The number of halogens is 1. The number of nitrogens with zero attached hydrogens (tertiary/aromatic N) is 4. The molecule has 0 radical (unpaired) electrons. The number of rotatable bonds is 12. The normalized spacial score (nSPS) is 11.4. The summed E-state index contributed by atoms with van der Waals surface area (Å²) in [6.45, 7) is 0.216. The Morgan fingerprint density at radius 3 is 1.96 bits per heavy atom. The number of nitriles is 1. The molecule has 1 atom stereocenters. The van der Waals surface area contributed by atoms with Crippen LogP contribution in [-0.4, -0.2) is 59.7 Å². The van der Waals surface area contributed by atoms with E-state index in [4.69, 9.17) is 16.9 Å². The summed E-state index contributed by atoms with van der Waals surface area (Å²) in [6.07, 6.45) is 3.36. The van der Waals surface area contributed by atoms with Crippen molar-refractivity contribution in [3.05, 3.63) is 83.6 Å². The summed E-state index contributed by atoms with van der Waals surface area (Å²) < 4.78 is 16.7. The van der Waals surface area contributed by atoms with Crippen molar-refractivity contribution in [2.24, 2.45) is 21.1 Å².